The summed E-state index contributed by atoms with van der Waals surface area (Å²) >= 11 is 0. The van der Waals surface area contributed by atoms with Crippen LogP contribution in [0.4, 0.5) is 30.6 Å². The molecular weight excluding hydrogens is 407 g/mol. The smallest absolute Gasteiger partial charge is 0.416 e. The van der Waals surface area contributed by atoms with E-state index in [2.05, 4.69) is 20.6 Å². The normalized spacial score (nSPS) is 11.5. The van der Waals surface area contributed by atoms with Crippen molar-refractivity contribution in [2.24, 2.45) is 0 Å². The number of rotatable bonds is 5. The molecule has 160 valence electrons. The Morgan fingerprint density at radius 1 is 1.06 bits per heavy atom. The molecule has 0 unspecified atom stereocenters. The number of ether oxygens (including phenoxy) is 1. The van der Waals surface area contributed by atoms with Crippen molar-refractivity contribution in [2.45, 2.75) is 13.1 Å². The van der Waals surface area contributed by atoms with Crippen LogP contribution in [0.3, 0.4) is 0 Å². The minimum absolute atomic E-state index is 0.347. The van der Waals surface area contributed by atoms with Crippen LogP contribution in [-0.2, 0) is 6.18 Å². The SMILES string of the molecule is CNc1nc2cnc(Nc3ccc(OC)cc3C)cc2n1-c1cccc(C(F)(F)F)c1. The minimum atomic E-state index is -4.44. The van der Waals surface area contributed by atoms with Crippen LogP contribution in [0.1, 0.15) is 11.1 Å². The number of aromatic nitrogens is 3. The van der Waals surface area contributed by atoms with E-state index in [1.54, 1.807) is 37.1 Å². The van der Waals surface area contributed by atoms with E-state index in [-0.39, 0.29) is 0 Å². The molecule has 4 rings (SSSR count). The zero-order valence-electron chi connectivity index (χ0n) is 17.1. The molecule has 31 heavy (non-hydrogen) atoms. The van der Waals surface area contributed by atoms with Gasteiger partial charge in [0, 0.05) is 24.5 Å². The predicted octanol–water partition coefficient (Wildman–Crippen LogP) is 5.54. The van der Waals surface area contributed by atoms with Crippen LogP contribution in [0.2, 0.25) is 0 Å². The lowest BCUT2D eigenvalue weighted by atomic mass is 10.2. The molecule has 0 spiro atoms. The molecule has 2 aromatic heterocycles. The second-order valence-corrected chi connectivity index (χ2v) is 6.93. The Kier molecular flexibility index (Phi) is 5.18. The summed E-state index contributed by atoms with van der Waals surface area (Å²) in [7, 11) is 3.27. The Labute approximate surface area is 176 Å². The molecule has 0 saturated heterocycles. The summed E-state index contributed by atoms with van der Waals surface area (Å²) in [5.74, 6) is 1.69. The topological polar surface area (TPSA) is 64.0 Å². The lowest BCUT2D eigenvalue weighted by molar-refractivity contribution is -0.137. The summed E-state index contributed by atoms with van der Waals surface area (Å²) in [6.45, 7) is 1.94. The maximum Gasteiger partial charge on any atom is 0.416 e. The van der Waals surface area contributed by atoms with Crippen molar-refractivity contribution in [3.8, 4) is 11.4 Å². The van der Waals surface area contributed by atoms with E-state index >= 15 is 0 Å². The number of hydrogen-bond donors (Lipinski definition) is 2. The zero-order valence-corrected chi connectivity index (χ0v) is 17.1. The average Bonchev–Trinajstić information content (AvgIpc) is 3.12. The summed E-state index contributed by atoms with van der Waals surface area (Å²) in [5.41, 5.74) is 2.59. The highest BCUT2D eigenvalue weighted by atomic mass is 19.4. The molecule has 2 heterocycles. The maximum atomic E-state index is 13.2. The largest absolute Gasteiger partial charge is 0.497 e. The third-order valence-electron chi connectivity index (χ3n) is 4.89. The number of fused-ring (bicyclic) bond motifs is 1. The molecule has 6 nitrogen and oxygen atoms in total. The molecule has 0 aliphatic carbocycles. The van der Waals surface area contributed by atoms with Gasteiger partial charge in [-0.1, -0.05) is 6.07 Å². The molecule has 9 heteroatoms. The first kappa shape index (κ1) is 20.5. The van der Waals surface area contributed by atoms with Gasteiger partial charge < -0.3 is 15.4 Å². The van der Waals surface area contributed by atoms with Gasteiger partial charge in [-0.2, -0.15) is 13.2 Å². The minimum Gasteiger partial charge on any atom is -0.497 e. The van der Waals surface area contributed by atoms with Crippen molar-refractivity contribution < 1.29 is 17.9 Å². The van der Waals surface area contributed by atoms with Crippen LogP contribution in [-0.4, -0.2) is 28.7 Å². The second-order valence-electron chi connectivity index (χ2n) is 6.93. The van der Waals surface area contributed by atoms with Crippen molar-refractivity contribution in [1.29, 1.82) is 0 Å². The number of methoxy groups -OCH3 is 1. The number of benzene rings is 2. The lowest BCUT2D eigenvalue weighted by Gasteiger charge is -2.13. The van der Waals surface area contributed by atoms with Gasteiger partial charge in [0.2, 0.25) is 5.95 Å². The van der Waals surface area contributed by atoms with Crippen molar-refractivity contribution >= 4 is 28.5 Å². The van der Waals surface area contributed by atoms with Crippen LogP contribution in [0.5, 0.6) is 5.75 Å². The highest BCUT2D eigenvalue weighted by Gasteiger charge is 2.30. The number of pyridine rings is 1. The highest BCUT2D eigenvalue weighted by Crippen LogP contribution is 2.33. The lowest BCUT2D eigenvalue weighted by Crippen LogP contribution is -2.07. The Balaban J connectivity index is 1.80. The number of hydrogen-bond acceptors (Lipinski definition) is 5. The summed E-state index contributed by atoms with van der Waals surface area (Å²) in [5, 5.41) is 6.19. The summed E-state index contributed by atoms with van der Waals surface area (Å²) in [6, 6.07) is 12.5. The molecular formula is C22H20F3N5O. The molecule has 0 atom stereocenters. The van der Waals surface area contributed by atoms with Gasteiger partial charge in [0.15, 0.2) is 0 Å². The number of aryl methyl sites for hydroxylation is 1. The summed E-state index contributed by atoms with van der Waals surface area (Å²) in [6.07, 6.45) is -2.85. The summed E-state index contributed by atoms with van der Waals surface area (Å²) < 4.78 is 46.6. The van der Waals surface area contributed by atoms with Gasteiger partial charge >= 0.3 is 6.18 Å². The van der Waals surface area contributed by atoms with Crippen LogP contribution in [0, 0.1) is 6.92 Å². The van der Waals surface area contributed by atoms with E-state index < -0.39 is 11.7 Å². The predicted molar refractivity (Wildman–Crippen MR) is 114 cm³/mol. The van der Waals surface area contributed by atoms with Gasteiger partial charge in [0.05, 0.1) is 24.4 Å². The first-order valence-corrected chi connectivity index (χ1v) is 9.45. The fraction of sp³-hybridized carbons (Fsp3) is 0.182. The maximum absolute atomic E-state index is 13.2. The van der Waals surface area contributed by atoms with E-state index in [1.807, 2.05) is 25.1 Å². The third-order valence-corrected chi connectivity index (χ3v) is 4.89. The Bertz CT molecular complexity index is 1250. The number of nitrogens with one attached hydrogen (secondary N) is 2. The fourth-order valence-electron chi connectivity index (χ4n) is 3.34. The zero-order chi connectivity index (χ0) is 22.2. The van der Waals surface area contributed by atoms with E-state index in [1.165, 1.54) is 6.07 Å². The van der Waals surface area contributed by atoms with Gasteiger partial charge in [-0.15, -0.1) is 0 Å². The van der Waals surface area contributed by atoms with Crippen LogP contribution >= 0.6 is 0 Å². The summed E-state index contributed by atoms with van der Waals surface area (Å²) in [4.78, 5) is 8.85. The number of halogens is 3. The second kappa shape index (κ2) is 7.82. The Morgan fingerprint density at radius 2 is 1.87 bits per heavy atom. The molecule has 0 radical (unpaired) electrons. The number of anilines is 3. The number of nitrogens with zero attached hydrogens (tertiary/aromatic N) is 3. The monoisotopic (exact) mass is 427 g/mol. The molecule has 0 aliphatic heterocycles. The van der Waals surface area contributed by atoms with Crippen molar-refractivity contribution in [1.82, 2.24) is 14.5 Å². The molecule has 4 aromatic rings. The van der Waals surface area contributed by atoms with Crippen molar-refractivity contribution in [3.63, 3.8) is 0 Å². The average molecular weight is 427 g/mol. The van der Waals surface area contributed by atoms with Gasteiger partial charge in [-0.3, -0.25) is 4.57 Å². The van der Waals surface area contributed by atoms with Gasteiger partial charge in [0.1, 0.15) is 17.1 Å². The first-order valence-electron chi connectivity index (χ1n) is 9.45. The van der Waals surface area contributed by atoms with Crippen molar-refractivity contribution in [2.75, 3.05) is 24.8 Å². The van der Waals surface area contributed by atoms with Gasteiger partial charge in [-0.25, -0.2) is 9.97 Å². The molecule has 0 aliphatic rings. The van der Waals surface area contributed by atoms with E-state index in [4.69, 9.17) is 4.74 Å². The molecule has 0 bridgehead atoms. The van der Waals surface area contributed by atoms with Crippen LogP contribution in [0.25, 0.3) is 16.7 Å². The molecule has 2 N–H and O–H groups in total. The Morgan fingerprint density at radius 3 is 2.55 bits per heavy atom. The van der Waals surface area contributed by atoms with Crippen LogP contribution < -0.4 is 15.4 Å². The quantitative estimate of drug-likeness (QED) is 0.438. The molecule has 0 fully saturated rings. The third kappa shape index (κ3) is 3.98. The van der Waals surface area contributed by atoms with Crippen molar-refractivity contribution in [3.05, 3.63) is 65.9 Å². The molecule has 2 aromatic carbocycles. The van der Waals surface area contributed by atoms with E-state index in [0.717, 1.165) is 29.1 Å². The van der Waals surface area contributed by atoms with E-state index in [9.17, 15) is 13.2 Å². The Hall–Kier alpha value is -3.75. The standard InChI is InChI=1S/C22H20F3N5O/c1-13-9-16(31-3)7-8-17(13)28-20-11-19-18(12-27-20)29-21(26-2)30(19)15-6-4-5-14(10-15)22(23,24)25/h4-12H,1-3H3,(H,26,29)(H,27,28). The van der Waals surface area contributed by atoms with Gasteiger partial charge in [-0.05, 0) is 48.9 Å². The van der Waals surface area contributed by atoms with Gasteiger partial charge in [0.25, 0.3) is 0 Å². The highest BCUT2D eigenvalue weighted by molar-refractivity contribution is 5.83. The van der Waals surface area contributed by atoms with Crippen LogP contribution in [0.15, 0.2) is 54.7 Å². The fourth-order valence-corrected chi connectivity index (χ4v) is 3.34. The number of imidazole rings is 1. The van der Waals surface area contributed by atoms with E-state index in [0.29, 0.717) is 28.5 Å². The molecule has 0 saturated carbocycles. The number of alkyl halides is 3. The molecule has 0 amide bonds. The first-order chi connectivity index (χ1) is 14.8.